The molecular formula is C14H20O2Si. The molecule has 0 saturated carbocycles. The maximum Gasteiger partial charge on any atom is 0.183 e. The fraction of sp³-hybridized carbons (Fsp3) is 0.429. The fourth-order valence-corrected chi connectivity index (χ4v) is 1.87. The van der Waals surface area contributed by atoms with Gasteiger partial charge in [0.1, 0.15) is 8.07 Å². The Morgan fingerprint density at radius 2 is 1.53 bits per heavy atom. The van der Waals surface area contributed by atoms with E-state index in [4.69, 9.17) is 9.47 Å². The summed E-state index contributed by atoms with van der Waals surface area (Å²) in [5, 5.41) is 0. The molecule has 0 aliphatic carbocycles. The van der Waals surface area contributed by atoms with Crippen molar-refractivity contribution in [2.75, 3.05) is 14.2 Å². The van der Waals surface area contributed by atoms with E-state index in [1.165, 1.54) is 0 Å². The van der Waals surface area contributed by atoms with Crippen LogP contribution in [0.15, 0.2) is 24.3 Å². The summed E-state index contributed by atoms with van der Waals surface area (Å²) in [6.45, 7) is 6.71. The van der Waals surface area contributed by atoms with Crippen LogP contribution in [0.3, 0.4) is 0 Å². The van der Waals surface area contributed by atoms with Gasteiger partial charge < -0.3 is 9.47 Å². The third kappa shape index (κ3) is 4.74. The third-order valence-corrected chi connectivity index (χ3v) is 3.07. The normalized spacial score (nSPS) is 11.2. The van der Waals surface area contributed by atoms with Crippen molar-refractivity contribution in [3.63, 3.8) is 0 Å². The van der Waals surface area contributed by atoms with Gasteiger partial charge in [-0.25, -0.2) is 0 Å². The molecular weight excluding hydrogens is 228 g/mol. The molecule has 0 bridgehead atoms. The Hall–Kier alpha value is -1.08. The molecule has 0 radical (unpaired) electrons. The van der Waals surface area contributed by atoms with Crippen LogP contribution in [0.2, 0.25) is 19.6 Å². The highest BCUT2D eigenvalue weighted by atomic mass is 28.3. The van der Waals surface area contributed by atoms with Crippen LogP contribution >= 0.6 is 0 Å². The van der Waals surface area contributed by atoms with Gasteiger partial charge in [-0.1, -0.05) is 37.7 Å². The second-order valence-electron chi connectivity index (χ2n) is 4.93. The lowest BCUT2D eigenvalue weighted by atomic mass is 10.1. The first-order chi connectivity index (χ1) is 7.96. The molecule has 0 unspecified atom stereocenters. The standard InChI is InChI=1S/C14H20O2Si/c1-15-14(16-2)13-8-6-12(7-9-13)10-11-17(3,4)5/h6-9,14H,1-5H3. The van der Waals surface area contributed by atoms with Crippen molar-refractivity contribution in [2.45, 2.75) is 25.9 Å². The molecule has 0 fully saturated rings. The van der Waals surface area contributed by atoms with E-state index in [1.807, 2.05) is 24.3 Å². The molecule has 2 nitrogen and oxygen atoms in total. The van der Waals surface area contributed by atoms with E-state index in [0.717, 1.165) is 11.1 Å². The van der Waals surface area contributed by atoms with E-state index >= 15 is 0 Å². The van der Waals surface area contributed by atoms with Crippen molar-refractivity contribution >= 4 is 8.07 Å². The molecule has 0 aliphatic rings. The number of ether oxygens (including phenoxy) is 2. The van der Waals surface area contributed by atoms with Crippen LogP contribution < -0.4 is 0 Å². The van der Waals surface area contributed by atoms with Gasteiger partial charge in [0.25, 0.3) is 0 Å². The minimum atomic E-state index is -1.30. The van der Waals surface area contributed by atoms with E-state index in [2.05, 4.69) is 31.1 Å². The van der Waals surface area contributed by atoms with E-state index < -0.39 is 8.07 Å². The van der Waals surface area contributed by atoms with Gasteiger partial charge in [-0.15, -0.1) is 5.54 Å². The van der Waals surface area contributed by atoms with Crippen molar-refractivity contribution in [3.05, 3.63) is 35.4 Å². The maximum atomic E-state index is 5.19. The van der Waals surface area contributed by atoms with E-state index in [1.54, 1.807) is 14.2 Å². The maximum absolute atomic E-state index is 5.19. The van der Waals surface area contributed by atoms with Gasteiger partial charge in [0.15, 0.2) is 6.29 Å². The molecule has 1 aromatic rings. The van der Waals surface area contributed by atoms with Crippen LogP contribution in [0.25, 0.3) is 0 Å². The average molecular weight is 248 g/mol. The van der Waals surface area contributed by atoms with Crippen LogP contribution in [-0.4, -0.2) is 22.3 Å². The van der Waals surface area contributed by atoms with Crippen molar-refractivity contribution < 1.29 is 9.47 Å². The Balaban J connectivity index is 2.84. The SMILES string of the molecule is COC(OC)c1ccc(C#C[Si](C)(C)C)cc1. The topological polar surface area (TPSA) is 18.5 Å². The molecule has 0 aliphatic heterocycles. The van der Waals surface area contributed by atoms with E-state index in [0.29, 0.717) is 0 Å². The summed E-state index contributed by atoms with van der Waals surface area (Å²) in [5.41, 5.74) is 5.39. The van der Waals surface area contributed by atoms with E-state index in [9.17, 15) is 0 Å². The van der Waals surface area contributed by atoms with Crippen LogP contribution in [0.5, 0.6) is 0 Å². The van der Waals surface area contributed by atoms with Gasteiger partial charge in [-0.2, -0.15) is 0 Å². The Labute approximate surface area is 105 Å². The summed E-state index contributed by atoms with van der Waals surface area (Å²) in [7, 11) is 1.96. The minimum absolute atomic E-state index is 0.297. The smallest absolute Gasteiger partial charge is 0.183 e. The summed E-state index contributed by atoms with van der Waals surface area (Å²) in [4.78, 5) is 0. The molecule has 0 spiro atoms. The second kappa shape index (κ2) is 6.01. The average Bonchev–Trinajstić information content (AvgIpc) is 2.29. The molecule has 0 heterocycles. The lowest BCUT2D eigenvalue weighted by Gasteiger charge is -2.13. The van der Waals surface area contributed by atoms with Gasteiger partial charge >= 0.3 is 0 Å². The van der Waals surface area contributed by atoms with Gasteiger partial charge in [0.05, 0.1) is 0 Å². The number of rotatable bonds is 3. The first-order valence-electron chi connectivity index (χ1n) is 5.65. The monoisotopic (exact) mass is 248 g/mol. The summed E-state index contributed by atoms with van der Waals surface area (Å²) in [6, 6.07) is 8.00. The Kier molecular flexibility index (Phi) is 4.95. The number of benzene rings is 1. The van der Waals surface area contributed by atoms with Crippen LogP contribution in [0.1, 0.15) is 17.4 Å². The van der Waals surface area contributed by atoms with Crippen LogP contribution in [0.4, 0.5) is 0 Å². The lowest BCUT2D eigenvalue weighted by molar-refractivity contribution is -0.106. The predicted molar refractivity (Wildman–Crippen MR) is 73.4 cm³/mol. The van der Waals surface area contributed by atoms with Crippen molar-refractivity contribution in [2.24, 2.45) is 0 Å². The van der Waals surface area contributed by atoms with Crippen molar-refractivity contribution in [1.82, 2.24) is 0 Å². The quantitative estimate of drug-likeness (QED) is 0.464. The predicted octanol–water partition coefficient (Wildman–Crippen LogP) is 3.21. The molecule has 17 heavy (non-hydrogen) atoms. The zero-order valence-electron chi connectivity index (χ0n) is 11.2. The lowest BCUT2D eigenvalue weighted by Crippen LogP contribution is -2.16. The first-order valence-corrected chi connectivity index (χ1v) is 9.15. The zero-order valence-corrected chi connectivity index (χ0v) is 12.2. The molecule has 0 atom stereocenters. The van der Waals surface area contributed by atoms with Gasteiger partial charge in [-0.3, -0.25) is 0 Å². The van der Waals surface area contributed by atoms with Crippen molar-refractivity contribution in [1.29, 1.82) is 0 Å². The fourth-order valence-electron chi connectivity index (χ4n) is 1.35. The summed E-state index contributed by atoms with van der Waals surface area (Å²) >= 11 is 0. The Bertz CT molecular complexity index is 403. The Morgan fingerprint density at radius 3 is 1.94 bits per heavy atom. The van der Waals surface area contributed by atoms with Gasteiger partial charge in [-0.05, 0) is 12.1 Å². The van der Waals surface area contributed by atoms with Gasteiger partial charge in [0.2, 0.25) is 0 Å². The second-order valence-corrected chi connectivity index (χ2v) is 9.68. The number of hydrogen-bond donors (Lipinski definition) is 0. The highest BCUT2D eigenvalue weighted by molar-refractivity contribution is 6.83. The number of methoxy groups -OCH3 is 2. The molecule has 0 N–H and O–H groups in total. The highest BCUT2D eigenvalue weighted by Crippen LogP contribution is 2.17. The molecule has 92 valence electrons. The Morgan fingerprint density at radius 1 is 1.00 bits per heavy atom. The van der Waals surface area contributed by atoms with Gasteiger partial charge in [0, 0.05) is 25.3 Å². The molecule has 0 aromatic heterocycles. The molecule has 0 saturated heterocycles. The third-order valence-electron chi connectivity index (χ3n) is 2.19. The molecule has 1 rings (SSSR count). The molecule has 3 heteroatoms. The molecule has 1 aromatic carbocycles. The summed E-state index contributed by atoms with van der Waals surface area (Å²) in [5.74, 6) is 3.22. The zero-order chi connectivity index (χ0) is 12.9. The van der Waals surface area contributed by atoms with E-state index in [-0.39, 0.29) is 6.29 Å². The van der Waals surface area contributed by atoms with Crippen LogP contribution in [-0.2, 0) is 9.47 Å². The number of hydrogen-bond acceptors (Lipinski definition) is 2. The largest absolute Gasteiger partial charge is 0.352 e. The van der Waals surface area contributed by atoms with Crippen LogP contribution in [0, 0.1) is 11.5 Å². The minimum Gasteiger partial charge on any atom is -0.352 e. The highest BCUT2D eigenvalue weighted by Gasteiger charge is 2.09. The molecule has 0 amide bonds. The summed E-state index contributed by atoms with van der Waals surface area (Å²) in [6.07, 6.45) is -0.297. The van der Waals surface area contributed by atoms with Crippen molar-refractivity contribution in [3.8, 4) is 11.5 Å². The first kappa shape index (κ1) is 14.0. The summed E-state index contributed by atoms with van der Waals surface area (Å²) < 4.78 is 10.4.